The van der Waals surface area contributed by atoms with E-state index in [-0.39, 0.29) is 11.4 Å². The molecule has 3 heterocycles. The molecule has 2 aromatic rings. The fraction of sp³-hybridized carbons (Fsp3) is 0.333. The minimum absolute atomic E-state index is 0.00919. The monoisotopic (exact) mass is 327 g/mol. The Labute approximate surface area is 125 Å². The van der Waals surface area contributed by atoms with Gasteiger partial charge in [0.05, 0.1) is 6.20 Å². The van der Waals surface area contributed by atoms with Crippen molar-refractivity contribution < 1.29 is 18.3 Å². The second-order valence-corrected chi connectivity index (χ2v) is 7.65. The summed E-state index contributed by atoms with van der Waals surface area (Å²) in [6.07, 6.45) is 3.13. The van der Waals surface area contributed by atoms with Crippen molar-refractivity contribution in [3.63, 3.8) is 0 Å². The fourth-order valence-electron chi connectivity index (χ4n) is 2.48. The Morgan fingerprint density at radius 3 is 2.90 bits per heavy atom. The Kier molecular flexibility index (Phi) is 3.34. The quantitative estimate of drug-likeness (QED) is 0.902. The SMILES string of the molecule is Cn1cc(S(=O)(=O)N2CCc3sccc3C2C(=O)O)cn1. The Balaban J connectivity index is 2.08. The third-order valence-electron chi connectivity index (χ3n) is 3.44. The van der Waals surface area contributed by atoms with Gasteiger partial charge in [0.2, 0.25) is 10.0 Å². The number of aryl methyl sites for hydroxylation is 1. The molecule has 0 amide bonds. The summed E-state index contributed by atoms with van der Waals surface area (Å²) in [6, 6.07) is 0.509. The molecule has 7 nitrogen and oxygen atoms in total. The lowest BCUT2D eigenvalue weighted by Gasteiger charge is -2.31. The molecule has 9 heteroatoms. The second-order valence-electron chi connectivity index (χ2n) is 4.76. The molecular formula is C12H13N3O4S2. The molecular weight excluding hydrogens is 314 g/mol. The Morgan fingerprint density at radius 1 is 1.52 bits per heavy atom. The van der Waals surface area contributed by atoms with E-state index in [9.17, 15) is 18.3 Å². The molecule has 0 aromatic carbocycles. The number of rotatable bonds is 3. The van der Waals surface area contributed by atoms with Crippen LogP contribution < -0.4 is 0 Å². The first kappa shape index (κ1) is 14.2. The molecule has 0 radical (unpaired) electrons. The van der Waals surface area contributed by atoms with Gasteiger partial charge in [-0.1, -0.05) is 0 Å². The molecule has 2 aromatic heterocycles. The largest absolute Gasteiger partial charge is 0.480 e. The molecule has 1 unspecified atom stereocenters. The summed E-state index contributed by atoms with van der Waals surface area (Å²) in [5.41, 5.74) is 0.561. The highest BCUT2D eigenvalue weighted by Gasteiger charge is 2.41. The smallest absolute Gasteiger partial charge is 0.326 e. The van der Waals surface area contributed by atoms with Crippen LogP contribution in [0.3, 0.4) is 0 Å². The number of aromatic nitrogens is 2. The zero-order valence-corrected chi connectivity index (χ0v) is 12.8. The maximum atomic E-state index is 12.7. The summed E-state index contributed by atoms with van der Waals surface area (Å²) in [6.45, 7) is 0.154. The van der Waals surface area contributed by atoms with Crippen molar-refractivity contribution >= 4 is 27.3 Å². The van der Waals surface area contributed by atoms with Crippen molar-refractivity contribution in [2.75, 3.05) is 6.54 Å². The van der Waals surface area contributed by atoms with E-state index < -0.39 is 22.0 Å². The molecule has 0 aliphatic carbocycles. The van der Waals surface area contributed by atoms with Gasteiger partial charge in [-0.15, -0.1) is 11.3 Å². The molecule has 1 aliphatic rings. The maximum Gasteiger partial charge on any atom is 0.326 e. The van der Waals surface area contributed by atoms with Crippen LogP contribution in [0, 0.1) is 0 Å². The van der Waals surface area contributed by atoms with Crippen LogP contribution in [0.25, 0.3) is 0 Å². The van der Waals surface area contributed by atoms with E-state index in [0.717, 1.165) is 9.18 Å². The van der Waals surface area contributed by atoms with E-state index in [2.05, 4.69) is 5.10 Å². The number of carboxylic acid groups (broad SMARTS) is 1. The molecule has 1 aliphatic heterocycles. The topological polar surface area (TPSA) is 92.5 Å². The highest BCUT2D eigenvalue weighted by molar-refractivity contribution is 7.89. The van der Waals surface area contributed by atoms with Gasteiger partial charge in [0, 0.05) is 24.7 Å². The van der Waals surface area contributed by atoms with Crippen LogP contribution in [-0.4, -0.2) is 40.1 Å². The van der Waals surface area contributed by atoms with Gasteiger partial charge in [0.25, 0.3) is 0 Å². The highest BCUT2D eigenvalue weighted by atomic mass is 32.2. The number of thiophene rings is 1. The molecule has 0 fully saturated rings. The molecule has 1 atom stereocenters. The van der Waals surface area contributed by atoms with Crippen LogP contribution in [0.5, 0.6) is 0 Å². The molecule has 0 saturated heterocycles. The Morgan fingerprint density at radius 2 is 2.29 bits per heavy atom. The highest BCUT2D eigenvalue weighted by Crippen LogP contribution is 2.36. The van der Waals surface area contributed by atoms with E-state index in [1.807, 2.05) is 0 Å². The van der Waals surface area contributed by atoms with Crippen LogP contribution in [0.4, 0.5) is 0 Å². The summed E-state index contributed by atoms with van der Waals surface area (Å²) in [5.74, 6) is -1.16. The van der Waals surface area contributed by atoms with E-state index in [1.165, 1.54) is 28.4 Å². The van der Waals surface area contributed by atoms with E-state index >= 15 is 0 Å². The van der Waals surface area contributed by atoms with E-state index in [4.69, 9.17) is 0 Å². The first-order valence-corrected chi connectivity index (χ1v) is 8.53. The van der Waals surface area contributed by atoms with Gasteiger partial charge in [0.1, 0.15) is 10.9 Å². The summed E-state index contributed by atoms with van der Waals surface area (Å²) in [4.78, 5) is 12.5. The lowest BCUT2D eigenvalue weighted by molar-refractivity contribution is -0.142. The molecule has 0 saturated carbocycles. The van der Waals surface area contributed by atoms with Gasteiger partial charge in [-0.2, -0.15) is 9.40 Å². The van der Waals surface area contributed by atoms with E-state index in [1.54, 1.807) is 18.5 Å². The average Bonchev–Trinajstić information content (AvgIpc) is 3.05. The zero-order chi connectivity index (χ0) is 15.2. The van der Waals surface area contributed by atoms with Gasteiger partial charge < -0.3 is 5.11 Å². The zero-order valence-electron chi connectivity index (χ0n) is 11.1. The van der Waals surface area contributed by atoms with Crippen molar-refractivity contribution in [2.24, 2.45) is 7.05 Å². The molecule has 1 N–H and O–H groups in total. The van der Waals surface area contributed by atoms with Crippen LogP contribution in [0.2, 0.25) is 0 Å². The number of fused-ring (bicyclic) bond motifs is 1. The fourth-order valence-corrected chi connectivity index (χ4v) is 4.93. The van der Waals surface area contributed by atoms with Crippen molar-refractivity contribution in [3.8, 4) is 0 Å². The van der Waals surface area contributed by atoms with Gasteiger partial charge in [-0.3, -0.25) is 9.48 Å². The summed E-state index contributed by atoms with van der Waals surface area (Å²) in [7, 11) is -2.27. The average molecular weight is 327 g/mol. The van der Waals surface area contributed by atoms with Crippen LogP contribution >= 0.6 is 11.3 Å². The van der Waals surface area contributed by atoms with Crippen molar-refractivity contribution in [1.82, 2.24) is 14.1 Å². The van der Waals surface area contributed by atoms with Crippen molar-refractivity contribution in [2.45, 2.75) is 17.4 Å². The standard InChI is InChI=1S/C12H13N3O4S2/c1-14-7-8(6-13-14)21(18,19)15-4-2-10-9(3-5-20-10)11(15)12(16)17/h3,5-7,11H,2,4H2,1H3,(H,16,17). The summed E-state index contributed by atoms with van der Waals surface area (Å²) >= 11 is 1.46. The number of hydrogen-bond acceptors (Lipinski definition) is 5. The van der Waals surface area contributed by atoms with E-state index in [0.29, 0.717) is 12.0 Å². The Bertz CT molecular complexity index is 793. The number of carbonyl (C=O) groups is 1. The summed E-state index contributed by atoms with van der Waals surface area (Å²) in [5, 5.41) is 15.1. The van der Waals surface area contributed by atoms with Crippen LogP contribution in [0.15, 0.2) is 28.7 Å². The number of nitrogens with zero attached hydrogens (tertiary/aromatic N) is 3. The first-order chi connectivity index (χ1) is 9.91. The predicted octanol–water partition coefficient (Wildman–Crippen LogP) is 0.854. The third kappa shape index (κ3) is 2.27. The van der Waals surface area contributed by atoms with Crippen LogP contribution in [-0.2, 0) is 28.3 Å². The Hall–Kier alpha value is -1.71. The molecule has 0 bridgehead atoms. The third-order valence-corrected chi connectivity index (χ3v) is 6.26. The number of sulfonamides is 1. The van der Waals surface area contributed by atoms with Gasteiger partial charge in [-0.05, 0) is 23.4 Å². The second kappa shape index (κ2) is 4.93. The molecule has 3 rings (SSSR count). The van der Waals surface area contributed by atoms with Gasteiger partial charge in [-0.25, -0.2) is 8.42 Å². The summed E-state index contributed by atoms with van der Waals surface area (Å²) < 4.78 is 27.7. The number of aliphatic carboxylic acids is 1. The molecule has 21 heavy (non-hydrogen) atoms. The first-order valence-electron chi connectivity index (χ1n) is 6.21. The van der Waals surface area contributed by atoms with Gasteiger partial charge >= 0.3 is 5.97 Å². The number of hydrogen-bond donors (Lipinski definition) is 1. The van der Waals surface area contributed by atoms with Crippen molar-refractivity contribution in [3.05, 3.63) is 34.3 Å². The molecule has 0 spiro atoms. The minimum Gasteiger partial charge on any atom is -0.480 e. The predicted molar refractivity (Wildman–Crippen MR) is 75.5 cm³/mol. The minimum atomic E-state index is -3.88. The molecule has 112 valence electrons. The maximum absolute atomic E-state index is 12.7. The normalized spacial score (nSPS) is 19.4. The number of carboxylic acids is 1. The van der Waals surface area contributed by atoms with Crippen molar-refractivity contribution in [1.29, 1.82) is 0 Å². The van der Waals surface area contributed by atoms with Gasteiger partial charge in [0.15, 0.2) is 0 Å². The van der Waals surface area contributed by atoms with Crippen LogP contribution in [0.1, 0.15) is 16.5 Å². The lowest BCUT2D eigenvalue weighted by atomic mass is 10.0. The lowest BCUT2D eigenvalue weighted by Crippen LogP contribution is -2.42.